The average Bonchev–Trinajstić information content (AvgIpc) is 3.09. The number of benzene rings is 1. The first-order valence-corrected chi connectivity index (χ1v) is 12.5. The number of anilines is 1. The molecule has 0 amide bonds. The largest absolute Gasteiger partial charge is 0.492 e. The lowest BCUT2D eigenvalue weighted by atomic mass is 9.95. The van der Waals surface area contributed by atoms with Crippen LogP contribution in [0.25, 0.3) is 11.1 Å². The standard InChI is InChI=1S/C25H31NO7S/c1-31-23-17(26-25-22(30)19(29)11-15(12-27)33-25)9-14-6-4-5-13-10-18(28)20(34-3)8-7-16(13)21(14)24(23)32-2/h7-10,15,19,22,25-27,29-30H,4-6,11-12H2,1-3H3. The second kappa shape index (κ2) is 10.5. The molecule has 0 spiro atoms. The van der Waals surface area contributed by atoms with Crippen molar-refractivity contribution < 1.29 is 29.5 Å². The second-order valence-electron chi connectivity index (χ2n) is 8.53. The Morgan fingerprint density at radius 2 is 1.85 bits per heavy atom. The maximum atomic E-state index is 12.6. The Hall–Kier alpha value is -2.30. The van der Waals surface area contributed by atoms with E-state index < -0.39 is 24.5 Å². The monoisotopic (exact) mass is 489 g/mol. The number of rotatable bonds is 6. The number of fused-ring (bicyclic) bond motifs is 3. The van der Waals surface area contributed by atoms with Gasteiger partial charge in [0.05, 0.1) is 43.6 Å². The summed E-state index contributed by atoms with van der Waals surface area (Å²) in [6.45, 7) is -0.264. The molecule has 184 valence electrons. The summed E-state index contributed by atoms with van der Waals surface area (Å²) in [5, 5.41) is 33.4. The van der Waals surface area contributed by atoms with Crippen molar-refractivity contribution in [2.75, 3.05) is 32.4 Å². The third kappa shape index (κ3) is 4.63. The Morgan fingerprint density at radius 3 is 2.53 bits per heavy atom. The van der Waals surface area contributed by atoms with Gasteiger partial charge in [0.25, 0.3) is 0 Å². The van der Waals surface area contributed by atoms with E-state index >= 15 is 0 Å². The van der Waals surface area contributed by atoms with Crippen LogP contribution in [0.2, 0.25) is 0 Å². The maximum absolute atomic E-state index is 12.6. The normalized spacial score (nSPS) is 23.9. The van der Waals surface area contributed by atoms with Crippen molar-refractivity contribution in [3.05, 3.63) is 45.6 Å². The molecule has 1 heterocycles. The Balaban J connectivity index is 1.85. The fourth-order valence-corrected chi connectivity index (χ4v) is 5.24. The summed E-state index contributed by atoms with van der Waals surface area (Å²) in [7, 11) is 3.10. The summed E-state index contributed by atoms with van der Waals surface area (Å²) in [6, 6.07) is 7.48. The van der Waals surface area contributed by atoms with Gasteiger partial charge in [-0.05, 0) is 60.4 Å². The van der Waals surface area contributed by atoms with Gasteiger partial charge in [-0.15, -0.1) is 11.8 Å². The number of methoxy groups -OCH3 is 2. The van der Waals surface area contributed by atoms with Crippen molar-refractivity contribution in [2.24, 2.45) is 0 Å². The van der Waals surface area contributed by atoms with Crippen molar-refractivity contribution in [3.8, 4) is 22.6 Å². The van der Waals surface area contributed by atoms with Crippen molar-refractivity contribution in [2.45, 2.75) is 55.1 Å². The van der Waals surface area contributed by atoms with Crippen LogP contribution in [0.4, 0.5) is 5.69 Å². The van der Waals surface area contributed by atoms with Crippen LogP contribution in [-0.2, 0) is 17.6 Å². The van der Waals surface area contributed by atoms with E-state index in [1.165, 1.54) is 18.9 Å². The highest BCUT2D eigenvalue weighted by molar-refractivity contribution is 7.98. The molecule has 4 unspecified atom stereocenters. The van der Waals surface area contributed by atoms with Crippen molar-refractivity contribution >= 4 is 17.4 Å². The van der Waals surface area contributed by atoms with Gasteiger partial charge in [0.1, 0.15) is 6.10 Å². The molecule has 1 fully saturated rings. The topological polar surface area (TPSA) is 117 Å². The van der Waals surface area contributed by atoms with E-state index in [1.807, 2.05) is 24.5 Å². The van der Waals surface area contributed by atoms with Gasteiger partial charge in [-0.25, -0.2) is 0 Å². The molecular weight excluding hydrogens is 458 g/mol. The van der Waals surface area contributed by atoms with E-state index in [9.17, 15) is 20.1 Å². The molecule has 4 atom stereocenters. The summed E-state index contributed by atoms with van der Waals surface area (Å²) in [5.41, 5.74) is 4.32. The Morgan fingerprint density at radius 1 is 1.12 bits per heavy atom. The number of thioether (sulfide) groups is 1. The lowest BCUT2D eigenvalue weighted by molar-refractivity contribution is -0.166. The van der Waals surface area contributed by atoms with Crippen LogP contribution in [0.5, 0.6) is 11.5 Å². The number of aliphatic hydroxyl groups excluding tert-OH is 3. The van der Waals surface area contributed by atoms with Gasteiger partial charge >= 0.3 is 0 Å². The van der Waals surface area contributed by atoms with Crippen LogP contribution < -0.4 is 20.2 Å². The highest BCUT2D eigenvalue weighted by Gasteiger charge is 2.37. The van der Waals surface area contributed by atoms with Gasteiger partial charge in [-0.3, -0.25) is 4.79 Å². The van der Waals surface area contributed by atoms with Crippen molar-refractivity contribution in [3.63, 3.8) is 0 Å². The average molecular weight is 490 g/mol. The zero-order valence-corrected chi connectivity index (χ0v) is 20.4. The van der Waals surface area contributed by atoms with Crippen LogP contribution in [0.3, 0.4) is 0 Å². The van der Waals surface area contributed by atoms with Gasteiger partial charge in [0, 0.05) is 12.0 Å². The molecular formula is C25H31NO7S. The predicted molar refractivity (Wildman–Crippen MR) is 131 cm³/mol. The highest BCUT2D eigenvalue weighted by Crippen LogP contribution is 2.48. The molecule has 0 radical (unpaired) electrons. The van der Waals surface area contributed by atoms with E-state index in [1.54, 1.807) is 13.2 Å². The summed E-state index contributed by atoms with van der Waals surface area (Å²) >= 11 is 1.42. The first kappa shape index (κ1) is 24.8. The van der Waals surface area contributed by atoms with Gasteiger partial charge in [-0.1, -0.05) is 6.07 Å². The number of hydrogen-bond acceptors (Lipinski definition) is 9. The summed E-state index contributed by atoms with van der Waals surface area (Å²) in [6.07, 6.45) is 0.636. The van der Waals surface area contributed by atoms with Gasteiger partial charge in [-0.2, -0.15) is 0 Å². The molecule has 0 bridgehead atoms. The molecule has 34 heavy (non-hydrogen) atoms. The Kier molecular flexibility index (Phi) is 7.69. The van der Waals surface area contributed by atoms with E-state index in [-0.39, 0.29) is 18.5 Å². The lowest BCUT2D eigenvalue weighted by Crippen LogP contribution is -2.52. The first-order valence-electron chi connectivity index (χ1n) is 11.3. The molecule has 1 saturated heterocycles. The van der Waals surface area contributed by atoms with Crippen LogP contribution in [0.1, 0.15) is 24.0 Å². The third-order valence-corrected chi connectivity index (χ3v) is 7.23. The second-order valence-corrected chi connectivity index (χ2v) is 9.37. The lowest BCUT2D eigenvalue weighted by Gasteiger charge is -2.37. The smallest absolute Gasteiger partial charge is 0.192 e. The van der Waals surface area contributed by atoms with Crippen molar-refractivity contribution in [1.82, 2.24) is 0 Å². The van der Waals surface area contributed by atoms with E-state index in [4.69, 9.17) is 14.2 Å². The van der Waals surface area contributed by atoms with Crippen LogP contribution in [0, 0.1) is 0 Å². The van der Waals surface area contributed by atoms with Crippen LogP contribution in [0.15, 0.2) is 34.0 Å². The SMILES string of the molecule is COc1c(NC2OC(CO)CC(O)C2O)cc2c(c1OC)-c1ccc(SC)c(=O)cc1CCC2. The summed E-state index contributed by atoms with van der Waals surface area (Å²) < 4.78 is 17.3. The Bertz CT molecular complexity index is 1110. The highest BCUT2D eigenvalue weighted by atomic mass is 32.2. The minimum atomic E-state index is -1.18. The van der Waals surface area contributed by atoms with Crippen LogP contribution >= 0.6 is 11.8 Å². The molecule has 4 rings (SSSR count). The zero-order valence-electron chi connectivity index (χ0n) is 19.5. The predicted octanol–water partition coefficient (Wildman–Crippen LogP) is 2.18. The van der Waals surface area contributed by atoms with E-state index in [2.05, 4.69) is 5.32 Å². The quantitative estimate of drug-likeness (QED) is 0.453. The van der Waals surface area contributed by atoms with Gasteiger partial charge < -0.3 is 34.8 Å². The molecule has 1 aliphatic carbocycles. The number of ether oxygens (including phenoxy) is 3. The van der Waals surface area contributed by atoms with Gasteiger partial charge in [0.15, 0.2) is 23.2 Å². The fourth-order valence-electron chi connectivity index (χ4n) is 4.78. The van der Waals surface area contributed by atoms with E-state index in [0.29, 0.717) is 22.1 Å². The van der Waals surface area contributed by atoms with Gasteiger partial charge in [0.2, 0.25) is 0 Å². The van der Waals surface area contributed by atoms with Crippen molar-refractivity contribution in [1.29, 1.82) is 0 Å². The molecule has 2 aliphatic rings. The first-order chi connectivity index (χ1) is 16.4. The molecule has 0 saturated carbocycles. The molecule has 2 aromatic carbocycles. The number of aryl methyl sites for hydroxylation is 2. The number of aliphatic hydroxyl groups is 3. The summed E-state index contributed by atoms with van der Waals surface area (Å²) in [5.74, 6) is 0.934. The molecule has 0 aromatic heterocycles. The maximum Gasteiger partial charge on any atom is 0.192 e. The number of nitrogens with one attached hydrogen (secondary N) is 1. The molecule has 1 aliphatic heterocycles. The Labute approximate surface area is 202 Å². The molecule has 8 nitrogen and oxygen atoms in total. The fraction of sp³-hybridized carbons (Fsp3) is 0.480. The minimum Gasteiger partial charge on any atom is -0.492 e. The van der Waals surface area contributed by atoms with E-state index in [0.717, 1.165) is 41.5 Å². The molecule has 9 heteroatoms. The molecule has 4 N–H and O–H groups in total. The summed E-state index contributed by atoms with van der Waals surface area (Å²) in [4.78, 5) is 13.3. The number of hydrogen-bond donors (Lipinski definition) is 4. The third-order valence-electron chi connectivity index (χ3n) is 6.45. The minimum absolute atomic E-state index is 0.00171. The van der Waals surface area contributed by atoms with Crippen LogP contribution in [-0.4, -0.2) is 66.9 Å². The molecule has 2 aromatic rings. The zero-order chi connectivity index (χ0) is 24.4.